The number of halogens is 7. The minimum absolute atomic E-state index is 0.0148. The zero-order valence-corrected chi connectivity index (χ0v) is 22.3. The van der Waals surface area contributed by atoms with Gasteiger partial charge in [0, 0.05) is 29.5 Å². The number of rotatable bonds is 6. The second-order valence-electron chi connectivity index (χ2n) is 10.2. The Hall–Kier alpha value is -3.16. The highest BCUT2D eigenvalue weighted by Crippen LogP contribution is 2.34. The van der Waals surface area contributed by atoms with E-state index in [1.807, 2.05) is 24.3 Å². The van der Waals surface area contributed by atoms with Gasteiger partial charge in [-0.25, -0.2) is 14.8 Å². The molecule has 1 aromatic heterocycles. The number of esters is 1. The molecule has 220 valence electrons. The molecule has 7 nitrogen and oxygen atoms in total. The van der Waals surface area contributed by atoms with Gasteiger partial charge < -0.3 is 15.0 Å². The molecule has 0 unspecified atom stereocenters. The predicted molar refractivity (Wildman–Crippen MR) is 139 cm³/mol. The summed E-state index contributed by atoms with van der Waals surface area (Å²) in [6.07, 6.45) is -9.95. The molecular formula is C27H26ClF6N5O2. The minimum Gasteiger partial charge on any atom is -0.452 e. The van der Waals surface area contributed by atoms with Gasteiger partial charge in [-0.2, -0.15) is 26.3 Å². The summed E-state index contributed by atoms with van der Waals surface area (Å²) in [4.78, 5) is 22.8. The number of benzene rings is 2. The van der Waals surface area contributed by atoms with Gasteiger partial charge in [-0.05, 0) is 55.8 Å². The van der Waals surface area contributed by atoms with Crippen molar-refractivity contribution in [2.45, 2.75) is 49.9 Å². The van der Waals surface area contributed by atoms with Crippen molar-refractivity contribution in [2.24, 2.45) is 0 Å². The van der Waals surface area contributed by atoms with E-state index >= 15 is 0 Å². The number of aromatic nitrogens is 2. The Labute approximate surface area is 236 Å². The van der Waals surface area contributed by atoms with Crippen molar-refractivity contribution in [1.29, 1.82) is 0 Å². The SMILES string of the molecule is O=C(O[C@H]1CN(c2nc(C(F)(F)F)nc3ccccc23)C[C@@H]1NC1CCN(Cc2ccc(Cl)cc2)CC1)C(F)(F)F. The number of anilines is 1. The lowest BCUT2D eigenvalue weighted by Gasteiger charge is -2.34. The van der Waals surface area contributed by atoms with Crippen LogP contribution in [0.1, 0.15) is 24.2 Å². The maximum absolute atomic E-state index is 13.6. The normalized spacial score (nSPS) is 21.0. The van der Waals surface area contributed by atoms with E-state index in [1.165, 1.54) is 17.0 Å². The number of fused-ring (bicyclic) bond motifs is 1. The summed E-state index contributed by atoms with van der Waals surface area (Å²) in [5.41, 5.74) is 1.14. The van der Waals surface area contributed by atoms with E-state index < -0.39 is 36.3 Å². The zero-order valence-electron chi connectivity index (χ0n) is 21.6. The van der Waals surface area contributed by atoms with Crippen LogP contribution in [-0.2, 0) is 22.3 Å². The Morgan fingerprint density at radius 3 is 2.32 bits per heavy atom. The highest BCUT2D eigenvalue weighted by Gasteiger charge is 2.46. The molecule has 5 rings (SSSR count). The Kier molecular flexibility index (Phi) is 8.31. The van der Waals surface area contributed by atoms with E-state index in [2.05, 4.69) is 20.2 Å². The van der Waals surface area contributed by atoms with Gasteiger partial charge >= 0.3 is 18.3 Å². The van der Waals surface area contributed by atoms with Gasteiger partial charge in [-0.3, -0.25) is 4.90 Å². The summed E-state index contributed by atoms with van der Waals surface area (Å²) in [6.45, 7) is 1.87. The summed E-state index contributed by atoms with van der Waals surface area (Å²) in [5, 5.41) is 4.26. The number of hydrogen-bond donors (Lipinski definition) is 1. The van der Waals surface area contributed by atoms with Gasteiger partial charge in [0.2, 0.25) is 5.82 Å². The Bertz CT molecular complexity index is 1380. The molecule has 0 amide bonds. The van der Waals surface area contributed by atoms with Crippen molar-refractivity contribution in [1.82, 2.24) is 20.2 Å². The third-order valence-corrected chi connectivity index (χ3v) is 7.50. The second kappa shape index (κ2) is 11.6. The van der Waals surface area contributed by atoms with Gasteiger partial charge in [-0.15, -0.1) is 0 Å². The van der Waals surface area contributed by atoms with Crippen LogP contribution >= 0.6 is 11.6 Å². The number of nitrogens with zero attached hydrogens (tertiary/aromatic N) is 4. The largest absolute Gasteiger partial charge is 0.490 e. The predicted octanol–water partition coefficient (Wildman–Crippen LogP) is 5.22. The van der Waals surface area contributed by atoms with Crippen molar-refractivity contribution in [3.8, 4) is 0 Å². The smallest absolute Gasteiger partial charge is 0.452 e. The maximum Gasteiger partial charge on any atom is 0.490 e. The molecule has 41 heavy (non-hydrogen) atoms. The van der Waals surface area contributed by atoms with E-state index in [9.17, 15) is 31.1 Å². The molecule has 2 fully saturated rings. The molecule has 2 aromatic carbocycles. The molecule has 0 aliphatic carbocycles. The molecule has 2 atom stereocenters. The molecule has 0 spiro atoms. The summed E-state index contributed by atoms with van der Waals surface area (Å²) in [7, 11) is 0. The van der Waals surface area contributed by atoms with Crippen LogP contribution in [0.4, 0.5) is 32.2 Å². The first-order valence-corrected chi connectivity index (χ1v) is 13.3. The van der Waals surface area contributed by atoms with E-state index in [-0.39, 0.29) is 30.5 Å². The average Bonchev–Trinajstić information content (AvgIpc) is 3.31. The van der Waals surface area contributed by atoms with Crippen LogP contribution in [0.15, 0.2) is 48.5 Å². The highest BCUT2D eigenvalue weighted by atomic mass is 35.5. The monoisotopic (exact) mass is 601 g/mol. The van der Waals surface area contributed by atoms with E-state index in [0.29, 0.717) is 23.3 Å². The van der Waals surface area contributed by atoms with Gasteiger partial charge in [0.15, 0.2) is 0 Å². The number of carbonyl (C=O) groups excluding carboxylic acids is 1. The first-order valence-electron chi connectivity index (χ1n) is 13.0. The molecule has 0 bridgehead atoms. The van der Waals surface area contributed by atoms with Crippen molar-refractivity contribution in [3.63, 3.8) is 0 Å². The van der Waals surface area contributed by atoms with Gasteiger partial charge in [0.05, 0.1) is 18.1 Å². The third kappa shape index (κ3) is 7.02. The van der Waals surface area contributed by atoms with Gasteiger partial charge in [0.25, 0.3) is 0 Å². The number of piperidine rings is 1. The van der Waals surface area contributed by atoms with E-state index in [1.54, 1.807) is 12.1 Å². The zero-order chi connectivity index (χ0) is 29.4. The number of likely N-dealkylation sites (tertiary alicyclic amines) is 1. The first kappa shape index (κ1) is 29.3. The molecule has 1 N–H and O–H groups in total. The number of para-hydroxylation sites is 1. The van der Waals surface area contributed by atoms with Crippen LogP contribution in [0.2, 0.25) is 5.02 Å². The molecule has 0 saturated carbocycles. The summed E-state index contributed by atoms with van der Waals surface area (Å²) >= 11 is 5.95. The number of carbonyl (C=O) groups is 1. The lowest BCUT2D eigenvalue weighted by atomic mass is 10.0. The molecule has 3 aromatic rings. The van der Waals surface area contributed by atoms with Crippen LogP contribution in [0, 0.1) is 0 Å². The molecule has 2 saturated heterocycles. The molecule has 14 heteroatoms. The standard InChI is InChI=1S/C27H26ClF6N5O2/c28-17-7-5-16(6-8-17)13-38-11-9-18(10-12-38)35-21-14-39(15-22(21)41-25(40)27(32,33)34)23-19-3-1-2-4-20(19)36-24(37-23)26(29,30)31/h1-8,18,21-22,35H,9-15H2/t21-,22-/m0/s1. The van der Waals surface area contributed by atoms with E-state index in [4.69, 9.17) is 16.3 Å². The molecular weight excluding hydrogens is 576 g/mol. The van der Waals surface area contributed by atoms with Crippen molar-refractivity contribution < 1.29 is 35.9 Å². The Morgan fingerprint density at radius 1 is 0.976 bits per heavy atom. The second-order valence-corrected chi connectivity index (χ2v) is 10.6. The number of hydrogen-bond acceptors (Lipinski definition) is 7. The lowest BCUT2D eigenvalue weighted by Crippen LogP contribution is -2.51. The quantitative estimate of drug-likeness (QED) is 0.307. The molecule has 3 heterocycles. The summed E-state index contributed by atoms with van der Waals surface area (Å²) in [5.74, 6) is -3.80. The van der Waals surface area contributed by atoms with Crippen molar-refractivity contribution >= 4 is 34.3 Å². The van der Waals surface area contributed by atoms with Crippen LogP contribution in [0.3, 0.4) is 0 Å². The topological polar surface area (TPSA) is 70.6 Å². The van der Waals surface area contributed by atoms with Crippen molar-refractivity contribution in [2.75, 3.05) is 31.1 Å². The fourth-order valence-electron chi connectivity index (χ4n) is 5.27. The first-order chi connectivity index (χ1) is 19.4. The number of alkyl halides is 6. The highest BCUT2D eigenvalue weighted by molar-refractivity contribution is 6.30. The summed E-state index contributed by atoms with van der Waals surface area (Å²) < 4.78 is 84.8. The van der Waals surface area contributed by atoms with Gasteiger partial charge in [-0.1, -0.05) is 35.9 Å². The summed E-state index contributed by atoms with van der Waals surface area (Å²) in [6, 6.07) is 12.7. The van der Waals surface area contributed by atoms with Crippen LogP contribution in [-0.4, -0.2) is 71.4 Å². The Balaban J connectivity index is 1.33. The fourth-order valence-corrected chi connectivity index (χ4v) is 5.39. The third-order valence-electron chi connectivity index (χ3n) is 7.25. The van der Waals surface area contributed by atoms with Crippen molar-refractivity contribution in [3.05, 3.63) is 64.9 Å². The minimum atomic E-state index is -5.21. The number of nitrogens with one attached hydrogen (secondary N) is 1. The van der Waals surface area contributed by atoms with E-state index in [0.717, 1.165) is 25.2 Å². The average molecular weight is 602 g/mol. The number of ether oxygens (including phenoxy) is 1. The van der Waals surface area contributed by atoms with Gasteiger partial charge in [0.1, 0.15) is 11.9 Å². The molecule has 2 aliphatic rings. The Morgan fingerprint density at radius 2 is 1.66 bits per heavy atom. The van der Waals surface area contributed by atoms with Crippen LogP contribution in [0.25, 0.3) is 10.9 Å². The van der Waals surface area contributed by atoms with Crippen LogP contribution < -0.4 is 10.2 Å². The fraction of sp³-hybridized carbons (Fsp3) is 0.444. The maximum atomic E-state index is 13.6. The van der Waals surface area contributed by atoms with Crippen LogP contribution in [0.5, 0.6) is 0 Å². The lowest BCUT2D eigenvalue weighted by molar-refractivity contribution is -0.204. The molecule has 2 aliphatic heterocycles. The molecule has 0 radical (unpaired) electrons.